The summed E-state index contributed by atoms with van der Waals surface area (Å²) in [5.74, 6) is 6.66. The van der Waals surface area contributed by atoms with Crippen molar-refractivity contribution in [2.24, 2.45) is 5.90 Å². The van der Waals surface area contributed by atoms with Gasteiger partial charge in [0.05, 0.1) is 13.7 Å². The molecule has 1 aliphatic heterocycles. The number of nitrogens with two attached hydrogens (primary N) is 1. The largest absolute Gasteiger partial charge is 0.493 e. The molecule has 1 aromatic rings. The van der Waals surface area contributed by atoms with Gasteiger partial charge in [-0.15, -0.1) is 0 Å². The van der Waals surface area contributed by atoms with Crippen molar-refractivity contribution < 1.29 is 14.3 Å². The summed E-state index contributed by atoms with van der Waals surface area (Å²) in [6.07, 6.45) is 2.00. The molecule has 1 aliphatic rings. The number of hydrogen-bond acceptors (Lipinski definition) is 5. The maximum Gasteiger partial charge on any atom is 0.164 e. The van der Waals surface area contributed by atoms with Gasteiger partial charge in [0, 0.05) is 25.1 Å². The zero-order valence-electron chi connectivity index (χ0n) is 11.6. The molecule has 0 aromatic heterocycles. The molecule has 0 bridgehead atoms. The number of methoxy groups -OCH3 is 1. The second-order valence-corrected chi connectivity index (χ2v) is 4.86. The lowest BCUT2D eigenvalue weighted by Crippen LogP contribution is -2.21. The summed E-state index contributed by atoms with van der Waals surface area (Å²) < 4.78 is 11.5. The zero-order valence-corrected chi connectivity index (χ0v) is 11.6. The molecular weight excluding hydrogens is 244 g/mol. The van der Waals surface area contributed by atoms with Crippen LogP contribution in [0.5, 0.6) is 11.5 Å². The van der Waals surface area contributed by atoms with Gasteiger partial charge in [-0.05, 0) is 19.5 Å². The fraction of sp³-hybridized carbons (Fsp3) is 0.571. The number of nitrogens with zero attached hydrogens (tertiary/aromatic N) is 1. The van der Waals surface area contributed by atoms with E-state index in [0.717, 1.165) is 36.6 Å². The fourth-order valence-electron chi connectivity index (χ4n) is 2.42. The minimum atomic E-state index is 0.236. The van der Waals surface area contributed by atoms with Crippen LogP contribution in [0.4, 0.5) is 0 Å². The van der Waals surface area contributed by atoms with Gasteiger partial charge >= 0.3 is 0 Å². The van der Waals surface area contributed by atoms with E-state index in [1.165, 1.54) is 0 Å². The predicted molar refractivity (Wildman–Crippen MR) is 73.4 cm³/mol. The molecule has 2 rings (SSSR count). The third-order valence-corrected chi connectivity index (χ3v) is 3.40. The second kappa shape index (κ2) is 6.75. The lowest BCUT2D eigenvalue weighted by Gasteiger charge is -2.18. The molecule has 1 heterocycles. The zero-order chi connectivity index (χ0) is 13.7. The molecule has 0 amide bonds. The Kier molecular flexibility index (Phi) is 5.01. The maximum atomic E-state index is 6.05. The van der Waals surface area contributed by atoms with Crippen LogP contribution < -0.4 is 15.4 Å². The first kappa shape index (κ1) is 14.1. The summed E-state index contributed by atoms with van der Waals surface area (Å²) in [5.41, 5.74) is 1.05. The molecule has 5 heteroatoms. The Balaban J connectivity index is 2.10. The number of para-hydroxylation sites is 1. The summed E-state index contributed by atoms with van der Waals surface area (Å²) >= 11 is 0. The molecule has 0 radical (unpaired) electrons. The van der Waals surface area contributed by atoms with Crippen LogP contribution in [0.2, 0.25) is 0 Å². The highest BCUT2D eigenvalue weighted by atomic mass is 16.6. The van der Waals surface area contributed by atoms with Crippen LogP contribution in [-0.4, -0.2) is 44.9 Å². The van der Waals surface area contributed by atoms with E-state index in [4.69, 9.17) is 15.4 Å². The molecule has 1 atom stereocenters. The van der Waals surface area contributed by atoms with E-state index in [1.807, 2.05) is 18.2 Å². The highest BCUT2D eigenvalue weighted by molar-refractivity contribution is 5.46. The Morgan fingerprint density at radius 2 is 2.26 bits per heavy atom. The highest BCUT2D eigenvalue weighted by Gasteiger charge is 2.22. The number of hydrogen-bond donors (Lipinski definition) is 1. The third-order valence-electron chi connectivity index (χ3n) is 3.40. The summed E-state index contributed by atoms with van der Waals surface area (Å²) in [5, 5.41) is 0. The molecule has 5 nitrogen and oxygen atoms in total. The van der Waals surface area contributed by atoms with Crippen LogP contribution >= 0.6 is 0 Å². The minimum Gasteiger partial charge on any atom is -0.493 e. The van der Waals surface area contributed by atoms with E-state index in [0.29, 0.717) is 13.0 Å². The van der Waals surface area contributed by atoms with E-state index in [9.17, 15) is 0 Å². The molecule has 0 saturated carbocycles. The fourth-order valence-corrected chi connectivity index (χ4v) is 2.42. The molecule has 0 aliphatic carbocycles. The summed E-state index contributed by atoms with van der Waals surface area (Å²) in [6, 6.07) is 5.93. The van der Waals surface area contributed by atoms with Crippen LogP contribution in [0, 0.1) is 0 Å². The molecule has 0 spiro atoms. The Labute approximate surface area is 114 Å². The smallest absolute Gasteiger partial charge is 0.164 e. The quantitative estimate of drug-likeness (QED) is 0.784. The first-order valence-electron chi connectivity index (χ1n) is 6.57. The first-order valence-corrected chi connectivity index (χ1v) is 6.57. The van der Waals surface area contributed by atoms with Crippen LogP contribution in [0.3, 0.4) is 0 Å². The monoisotopic (exact) mass is 266 g/mol. The van der Waals surface area contributed by atoms with Crippen molar-refractivity contribution in [2.45, 2.75) is 18.9 Å². The minimum absolute atomic E-state index is 0.236. The van der Waals surface area contributed by atoms with E-state index in [1.54, 1.807) is 7.11 Å². The number of benzene rings is 1. The third kappa shape index (κ3) is 3.59. The Hall–Kier alpha value is -1.30. The molecule has 1 fully saturated rings. The average Bonchev–Trinajstić information content (AvgIpc) is 2.82. The van der Waals surface area contributed by atoms with E-state index < -0.39 is 0 Å². The molecule has 19 heavy (non-hydrogen) atoms. The van der Waals surface area contributed by atoms with Gasteiger partial charge in [-0.2, -0.15) is 0 Å². The van der Waals surface area contributed by atoms with Crippen LogP contribution in [0.15, 0.2) is 18.2 Å². The van der Waals surface area contributed by atoms with Crippen molar-refractivity contribution in [3.63, 3.8) is 0 Å². The van der Waals surface area contributed by atoms with Gasteiger partial charge in [-0.1, -0.05) is 12.1 Å². The summed E-state index contributed by atoms with van der Waals surface area (Å²) in [6.45, 7) is 2.50. The van der Waals surface area contributed by atoms with E-state index >= 15 is 0 Å². The van der Waals surface area contributed by atoms with Crippen molar-refractivity contribution in [3.8, 4) is 11.5 Å². The van der Waals surface area contributed by atoms with Gasteiger partial charge in [0.25, 0.3) is 0 Å². The number of rotatable bonds is 6. The normalized spacial score (nSPS) is 19.6. The number of likely N-dealkylation sites (tertiary alicyclic amines) is 1. The van der Waals surface area contributed by atoms with Crippen molar-refractivity contribution >= 4 is 0 Å². The Morgan fingerprint density at radius 1 is 1.42 bits per heavy atom. The molecule has 106 valence electrons. The van der Waals surface area contributed by atoms with Gasteiger partial charge in [-0.25, -0.2) is 5.90 Å². The average molecular weight is 266 g/mol. The maximum absolute atomic E-state index is 6.05. The molecule has 1 saturated heterocycles. The second-order valence-electron chi connectivity index (χ2n) is 4.86. The van der Waals surface area contributed by atoms with Crippen molar-refractivity contribution in [3.05, 3.63) is 23.8 Å². The first-order chi connectivity index (χ1) is 9.24. The molecule has 1 aromatic carbocycles. The van der Waals surface area contributed by atoms with Gasteiger partial charge in [-0.3, -0.25) is 0 Å². The Bertz CT molecular complexity index is 412. The van der Waals surface area contributed by atoms with E-state index in [-0.39, 0.29) is 6.10 Å². The van der Waals surface area contributed by atoms with Crippen molar-refractivity contribution in [2.75, 3.05) is 33.9 Å². The Morgan fingerprint density at radius 3 is 2.89 bits per heavy atom. The number of ether oxygens (including phenoxy) is 2. The molecule has 2 N–H and O–H groups in total. The SMILES string of the molecule is COc1c(CCON)cccc1OC1CCN(C)C1. The van der Waals surface area contributed by atoms with Gasteiger partial charge in [0.2, 0.25) is 0 Å². The lowest BCUT2D eigenvalue weighted by molar-refractivity contribution is 0.140. The highest BCUT2D eigenvalue weighted by Crippen LogP contribution is 2.33. The van der Waals surface area contributed by atoms with Gasteiger partial charge < -0.3 is 19.2 Å². The predicted octanol–water partition coefficient (Wildman–Crippen LogP) is 1.21. The summed E-state index contributed by atoms with van der Waals surface area (Å²) in [7, 11) is 3.77. The van der Waals surface area contributed by atoms with Gasteiger partial charge in [0.1, 0.15) is 6.10 Å². The van der Waals surface area contributed by atoms with Crippen molar-refractivity contribution in [1.82, 2.24) is 4.90 Å². The van der Waals surface area contributed by atoms with E-state index in [2.05, 4.69) is 16.8 Å². The van der Waals surface area contributed by atoms with Gasteiger partial charge in [0.15, 0.2) is 11.5 Å². The molecular formula is C14H22N2O3. The molecule has 1 unspecified atom stereocenters. The van der Waals surface area contributed by atoms with Crippen LogP contribution in [0.1, 0.15) is 12.0 Å². The van der Waals surface area contributed by atoms with Crippen molar-refractivity contribution in [1.29, 1.82) is 0 Å². The number of likely N-dealkylation sites (N-methyl/N-ethyl adjacent to an activating group) is 1. The lowest BCUT2D eigenvalue weighted by atomic mass is 10.1. The van der Waals surface area contributed by atoms with Crippen LogP contribution in [0.25, 0.3) is 0 Å². The summed E-state index contributed by atoms with van der Waals surface area (Å²) in [4.78, 5) is 6.90. The topological polar surface area (TPSA) is 57.0 Å². The standard InChI is InChI=1S/C14H22N2O3/c1-16-8-6-12(10-16)19-13-5-3-4-11(7-9-18-15)14(13)17-2/h3-5,12H,6-10,15H2,1-2H3. The van der Waals surface area contributed by atoms with Crippen LogP contribution in [-0.2, 0) is 11.3 Å².